The van der Waals surface area contributed by atoms with Crippen LogP contribution in [0.15, 0.2) is 0 Å². The maximum Gasteiger partial charge on any atom is 0.235 e. The number of amides is 2. The molecule has 8 rings (SSSR count). The van der Waals surface area contributed by atoms with E-state index >= 15 is 0 Å². The van der Waals surface area contributed by atoms with Crippen molar-refractivity contribution in [2.24, 2.45) is 46.3 Å². The Kier molecular flexibility index (Phi) is 3.90. The molecule has 0 aromatic rings. The van der Waals surface area contributed by atoms with Crippen LogP contribution >= 0.6 is 0 Å². The molecule has 0 unspecified atom stereocenters. The summed E-state index contributed by atoms with van der Waals surface area (Å²) in [5.41, 5.74) is -0.357. The summed E-state index contributed by atoms with van der Waals surface area (Å²) in [6.07, 6.45) is 15.5. The Hall–Kier alpha value is -0.860. The largest absolute Gasteiger partial charge is 0.282 e. The molecule has 154 valence electrons. The SMILES string of the molecule is CCCN(C(=O)C12CC3CC(CC(C3)C1)C2)C(=O)C12CC3CC(CC(C3)C1)C2. The van der Waals surface area contributed by atoms with E-state index in [1.807, 2.05) is 4.90 Å². The Morgan fingerprint density at radius 3 is 1.18 bits per heavy atom. The summed E-state index contributed by atoms with van der Waals surface area (Å²) in [6.45, 7) is 2.79. The Balaban J connectivity index is 1.30. The summed E-state index contributed by atoms with van der Waals surface area (Å²) in [5.74, 6) is 5.06. The molecule has 8 saturated carbocycles. The minimum atomic E-state index is -0.179. The topological polar surface area (TPSA) is 37.4 Å². The second-order valence-corrected chi connectivity index (χ2v) is 12.2. The van der Waals surface area contributed by atoms with E-state index in [2.05, 4.69) is 6.92 Å². The fourth-order valence-electron chi connectivity index (χ4n) is 9.84. The standard InChI is InChI=1S/C25H37NO2/c1-2-3-26(22(27)24-10-16-4-17(11-24)6-18(5-16)12-24)23(28)25-13-19-7-20(14-25)9-21(8-19)15-25/h16-21H,2-15H2,1H3. The molecular weight excluding hydrogens is 346 g/mol. The molecule has 0 radical (unpaired) electrons. The lowest BCUT2D eigenvalue weighted by atomic mass is 9.48. The van der Waals surface area contributed by atoms with E-state index < -0.39 is 0 Å². The van der Waals surface area contributed by atoms with Crippen LogP contribution in [0.1, 0.15) is 90.4 Å². The second-order valence-electron chi connectivity index (χ2n) is 12.2. The molecule has 2 amide bonds. The maximum atomic E-state index is 14.0. The third-order valence-electron chi connectivity index (χ3n) is 9.92. The fourth-order valence-corrected chi connectivity index (χ4v) is 9.84. The number of nitrogens with zero attached hydrogens (tertiary/aromatic N) is 1. The van der Waals surface area contributed by atoms with Crippen molar-refractivity contribution in [1.82, 2.24) is 4.90 Å². The third-order valence-corrected chi connectivity index (χ3v) is 9.92. The summed E-state index contributed by atoms with van der Waals surface area (Å²) >= 11 is 0. The summed E-state index contributed by atoms with van der Waals surface area (Å²) in [5, 5.41) is 0. The van der Waals surface area contributed by atoms with Gasteiger partial charge in [-0.3, -0.25) is 14.5 Å². The van der Waals surface area contributed by atoms with Gasteiger partial charge >= 0.3 is 0 Å². The average molecular weight is 384 g/mol. The first kappa shape index (κ1) is 18.0. The number of imide groups is 1. The zero-order chi connectivity index (χ0) is 19.1. The Labute approximate surface area is 170 Å². The average Bonchev–Trinajstić information content (AvgIpc) is 2.63. The molecule has 0 aromatic carbocycles. The molecule has 8 bridgehead atoms. The van der Waals surface area contributed by atoms with Crippen molar-refractivity contribution < 1.29 is 9.59 Å². The zero-order valence-electron chi connectivity index (χ0n) is 17.6. The summed E-state index contributed by atoms with van der Waals surface area (Å²) in [4.78, 5) is 29.9. The summed E-state index contributed by atoms with van der Waals surface area (Å²) in [7, 11) is 0. The van der Waals surface area contributed by atoms with Gasteiger partial charge in [0.15, 0.2) is 0 Å². The van der Waals surface area contributed by atoms with Gasteiger partial charge < -0.3 is 0 Å². The van der Waals surface area contributed by atoms with Crippen LogP contribution in [0, 0.1) is 46.3 Å². The molecule has 8 aliphatic carbocycles. The van der Waals surface area contributed by atoms with E-state index in [-0.39, 0.29) is 22.6 Å². The van der Waals surface area contributed by atoms with Gasteiger partial charge in [0.25, 0.3) is 0 Å². The van der Waals surface area contributed by atoms with Gasteiger partial charge in [-0.1, -0.05) is 6.92 Å². The molecule has 28 heavy (non-hydrogen) atoms. The molecule has 0 atom stereocenters. The van der Waals surface area contributed by atoms with Crippen LogP contribution in [0.3, 0.4) is 0 Å². The molecule has 3 nitrogen and oxygen atoms in total. The van der Waals surface area contributed by atoms with E-state index in [9.17, 15) is 9.59 Å². The second kappa shape index (κ2) is 6.08. The van der Waals surface area contributed by atoms with Crippen LogP contribution in [-0.2, 0) is 9.59 Å². The summed E-state index contributed by atoms with van der Waals surface area (Å²) < 4.78 is 0. The predicted octanol–water partition coefficient (Wildman–Crippen LogP) is 5.18. The van der Waals surface area contributed by atoms with Crippen LogP contribution in [0.4, 0.5) is 0 Å². The highest BCUT2D eigenvalue weighted by atomic mass is 16.2. The lowest BCUT2D eigenvalue weighted by molar-refractivity contribution is -0.174. The minimum Gasteiger partial charge on any atom is -0.282 e. The predicted molar refractivity (Wildman–Crippen MR) is 108 cm³/mol. The molecule has 0 aromatic heterocycles. The Morgan fingerprint density at radius 1 is 0.643 bits per heavy atom. The Morgan fingerprint density at radius 2 is 0.929 bits per heavy atom. The van der Waals surface area contributed by atoms with E-state index in [1.54, 1.807) is 0 Å². The summed E-state index contributed by atoms with van der Waals surface area (Å²) in [6, 6.07) is 0. The number of rotatable bonds is 4. The number of carbonyl (C=O) groups excluding carboxylic acids is 2. The van der Waals surface area contributed by atoms with E-state index in [0.717, 1.165) is 80.5 Å². The first-order valence-electron chi connectivity index (χ1n) is 12.3. The third kappa shape index (κ3) is 2.53. The zero-order valence-corrected chi connectivity index (χ0v) is 17.6. The highest BCUT2D eigenvalue weighted by molar-refractivity contribution is 6.01. The fraction of sp³-hybridized carbons (Fsp3) is 0.920. The van der Waals surface area contributed by atoms with Gasteiger partial charge in [-0.2, -0.15) is 0 Å². The van der Waals surface area contributed by atoms with Crippen molar-refractivity contribution >= 4 is 11.8 Å². The van der Waals surface area contributed by atoms with Gasteiger partial charge in [0, 0.05) is 6.54 Å². The van der Waals surface area contributed by atoms with Crippen molar-refractivity contribution in [1.29, 1.82) is 0 Å². The number of hydrogen-bond acceptors (Lipinski definition) is 2. The lowest BCUT2D eigenvalue weighted by Gasteiger charge is -2.58. The molecular formula is C25H37NO2. The van der Waals surface area contributed by atoms with Crippen molar-refractivity contribution in [3.05, 3.63) is 0 Å². The molecule has 0 saturated heterocycles. The first-order valence-corrected chi connectivity index (χ1v) is 12.3. The van der Waals surface area contributed by atoms with E-state index in [0.29, 0.717) is 6.54 Å². The van der Waals surface area contributed by atoms with Gasteiger partial charge in [0.2, 0.25) is 11.8 Å². The lowest BCUT2D eigenvalue weighted by Crippen LogP contribution is -2.60. The quantitative estimate of drug-likeness (QED) is 0.627. The molecule has 0 spiro atoms. The normalized spacial score (nSPS) is 50.2. The molecule has 0 heterocycles. The van der Waals surface area contributed by atoms with Crippen molar-refractivity contribution in [3.63, 3.8) is 0 Å². The van der Waals surface area contributed by atoms with Gasteiger partial charge in [0.05, 0.1) is 10.8 Å². The van der Waals surface area contributed by atoms with Crippen LogP contribution in [0.25, 0.3) is 0 Å². The van der Waals surface area contributed by atoms with E-state index in [1.165, 1.54) is 38.5 Å². The van der Waals surface area contributed by atoms with Crippen LogP contribution in [0.2, 0.25) is 0 Å². The Bertz CT molecular complexity index is 568. The van der Waals surface area contributed by atoms with Crippen molar-refractivity contribution in [2.75, 3.05) is 6.54 Å². The van der Waals surface area contributed by atoms with Crippen LogP contribution < -0.4 is 0 Å². The first-order chi connectivity index (χ1) is 13.5. The van der Waals surface area contributed by atoms with Crippen LogP contribution in [0.5, 0.6) is 0 Å². The monoisotopic (exact) mass is 383 g/mol. The van der Waals surface area contributed by atoms with Gasteiger partial charge in [0.1, 0.15) is 0 Å². The maximum absolute atomic E-state index is 14.0. The minimum absolute atomic E-state index is 0.179. The number of hydrogen-bond donors (Lipinski definition) is 0. The molecule has 8 fully saturated rings. The highest BCUT2D eigenvalue weighted by Crippen LogP contribution is 2.63. The number of carbonyl (C=O) groups is 2. The molecule has 3 heteroatoms. The smallest absolute Gasteiger partial charge is 0.235 e. The molecule has 8 aliphatic rings. The van der Waals surface area contributed by atoms with Gasteiger partial charge in [-0.25, -0.2) is 0 Å². The molecule has 0 aliphatic heterocycles. The van der Waals surface area contributed by atoms with E-state index in [4.69, 9.17) is 0 Å². The van der Waals surface area contributed by atoms with Gasteiger partial charge in [-0.05, 0) is 119 Å². The molecule has 0 N–H and O–H groups in total. The van der Waals surface area contributed by atoms with Crippen molar-refractivity contribution in [2.45, 2.75) is 90.4 Å². The highest BCUT2D eigenvalue weighted by Gasteiger charge is 2.60. The van der Waals surface area contributed by atoms with Crippen molar-refractivity contribution in [3.8, 4) is 0 Å². The van der Waals surface area contributed by atoms with Crippen LogP contribution in [-0.4, -0.2) is 23.3 Å². The van der Waals surface area contributed by atoms with Gasteiger partial charge in [-0.15, -0.1) is 0 Å².